The number of carbonyl (C=O) groups is 1. The summed E-state index contributed by atoms with van der Waals surface area (Å²) in [6, 6.07) is 3.42. The first-order chi connectivity index (χ1) is 7.36. The molecule has 0 saturated heterocycles. The van der Waals surface area contributed by atoms with Crippen LogP contribution in [0, 0.1) is 0 Å². The molecule has 0 heterocycles. The second-order valence-electron chi connectivity index (χ2n) is 3.22. The van der Waals surface area contributed by atoms with Crippen LogP contribution in [0.1, 0.15) is 16.7 Å². The topological polar surface area (TPSA) is 63.3 Å². The Hall–Kier alpha value is -1.56. The Labute approximate surface area is 89.7 Å². The summed E-state index contributed by atoms with van der Waals surface area (Å²) in [5.74, 6) is -1.19. The molecular weight excluding hydrogens is 223 g/mol. The van der Waals surface area contributed by atoms with Gasteiger partial charge in [0.2, 0.25) is 0 Å². The van der Waals surface area contributed by atoms with Gasteiger partial charge in [-0.2, -0.15) is 13.2 Å². The minimum Gasteiger partial charge on any atom is -0.481 e. The first kappa shape index (κ1) is 12.5. The van der Waals surface area contributed by atoms with Gasteiger partial charge < -0.3 is 10.8 Å². The van der Waals surface area contributed by atoms with E-state index in [1.807, 2.05) is 0 Å². The molecule has 0 amide bonds. The molecule has 3 nitrogen and oxygen atoms in total. The zero-order valence-electron chi connectivity index (χ0n) is 8.21. The van der Waals surface area contributed by atoms with Crippen molar-refractivity contribution in [1.29, 1.82) is 0 Å². The number of halogens is 3. The molecule has 1 aromatic rings. The van der Waals surface area contributed by atoms with E-state index in [0.717, 1.165) is 6.07 Å². The molecule has 88 valence electrons. The second kappa shape index (κ2) is 4.52. The Balaban J connectivity index is 3.26. The maximum Gasteiger partial charge on any atom is 0.416 e. The minimum absolute atomic E-state index is 0.102. The number of rotatable bonds is 3. The van der Waals surface area contributed by atoms with Crippen LogP contribution < -0.4 is 5.73 Å². The quantitative estimate of drug-likeness (QED) is 0.836. The SMILES string of the molecule is NCc1c(CC(=O)O)cccc1C(F)(F)F. The molecule has 0 unspecified atom stereocenters. The van der Waals surface area contributed by atoms with Crippen LogP contribution >= 0.6 is 0 Å². The van der Waals surface area contributed by atoms with Gasteiger partial charge in [-0.1, -0.05) is 12.1 Å². The van der Waals surface area contributed by atoms with Crippen molar-refractivity contribution in [2.24, 2.45) is 5.73 Å². The largest absolute Gasteiger partial charge is 0.481 e. The van der Waals surface area contributed by atoms with Crippen LogP contribution in [0.2, 0.25) is 0 Å². The third-order valence-corrected chi connectivity index (χ3v) is 2.12. The number of hydrogen-bond donors (Lipinski definition) is 2. The Morgan fingerprint density at radius 1 is 1.38 bits per heavy atom. The fraction of sp³-hybridized carbons (Fsp3) is 0.300. The van der Waals surface area contributed by atoms with Crippen molar-refractivity contribution in [2.45, 2.75) is 19.1 Å². The standard InChI is InChI=1S/C10H10F3NO2/c11-10(12,13)8-3-1-2-6(4-9(15)16)7(8)5-14/h1-3H,4-5,14H2,(H,15,16). The number of aliphatic carboxylic acids is 1. The molecule has 0 aliphatic heterocycles. The minimum atomic E-state index is -4.51. The highest BCUT2D eigenvalue weighted by molar-refractivity contribution is 5.71. The van der Waals surface area contributed by atoms with Crippen LogP contribution in [-0.2, 0) is 23.9 Å². The molecular formula is C10H10F3NO2. The van der Waals surface area contributed by atoms with E-state index in [4.69, 9.17) is 10.8 Å². The highest BCUT2D eigenvalue weighted by Gasteiger charge is 2.33. The van der Waals surface area contributed by atoms with Crippen molar-refractivity contribution >= 4 is 5.97 Å². The highest BCUT2D eigenvalue weighted by Crippen LogP contribution is 2.33. The monoisotopic (exact) mass is 233 g/mol. The van der Waals surface area contributed by atoms with Crippen molar-refractivity contribution in [3.8, 4) is 0 Å². The van der Waals surface area contributed by atoms with Crippen LogP contribution in [0.3, 0.4) is 0 Å². The highest BCUT2D eigenvalue weighted by atomic mass is 19.4. The van der Waals surface area contributed by atoms with E-state index in [1.54, 1.807) is 0 Å². The lowest BCUT2D eigenvalue weighted by Crippen LogP contribution is -2.15. The van der Waals surface area contributed by atoms with Gasteiger partial charge in [0.1, 0.15) is 0 Å². The van der Waals surface area contributed by atoms with E-state index in [2.05, 4.69) is 0 Å². The molecule has 16 heavy (non-hydrogen) atoms. The Bertz CT molecular complexity index is 402. The summed E-state index contributed by atoms with van der Waals surface area (Å²) in [6.45, 7) is -0.335. The Morgan fingerprint density at radius 2 is 2.00 bits per heavy atom. The molecule has 0 saturated carbocycles. The predicted octanol–water partition coefficient (Wildman–Crippen LogP) is 1.79. The van der Waals surface area contributed by atoms with Crippen molar-refractivity contribution in [2.75, 3.05) is 0 Å². The van der Waals surface area contributed by atoms with E-state index in [0.29, 0.717) is 0 Å². The van der Waals surface area contributed by atoms with Gasteiger partial charge >= 0.3 is 12.1 Å². The third-order valence-electron chi connectivity index (χ3n) is 2.12. The lowest BCUT2D eigenvalue weighted by atomic mass is 9.98. The zero-order chi connectivity index (χ0) is 12.3. The molecule has 3 N–H and O–H groups in total. The van der Waals surface area contributed by atoms with Gasteiger partial charge in [-0.25, -0.2) is 0 Å². The number of alkyl halides is 3. The van der Waals surface area contributed by atoms with Crippen molar-refractivity contribution in [3.63, 3.8) is 0 Å². The van der Waals surface area contributed by atoms with E-state index in [9.17, 15) is 18.0 Å². The molecule has 1 aromatic carbocycles. The zero-order valence-corrected chi connectivity index (χ0v) is 8.21. The number of nitrogens with two attached hydrogens (primary N) is 1. The molecule has 1 rings (SSSR count). The van der Waals surface area contributed by atoms with Gasteiger partial charge in [-0.15, -0.1) is 0 Å². The Kier molecular flexibility index (Phi) is 3.54. The van der Waals surface area contributed by atoms with Crippen LogP contribution in [0.5, 0.6) is 0 Å². The molecule has 6 heteroatoms. The van der Waals surface area contributed by atoms with E-state index in [-0.39, 0.29) is 17.7 Å². The number of hydrogen-bond acceptors (Lipinski definition) is 2. The first-order valence-corrected chi connectivity index (χ1v) is 4.46. The van der Waals surface area contributed by atoms with Gasteiger partial charge in [-0.05, 0) is 17.2 Å². The summed E-state index contributed by atoms with van der Waals surface area (Å²) in [7, 11) is 0. The summed E-state index contributed by atoms with van der Waals surface area (Å²) < 4.78 is 37.6. The van der Waals surface area contributed by atoms with Crippen LogP contribution in [0.4, 0.5) is 13.2 Å². The summed E-state index contributed by atoms with van der Waals surface area (Å²) >= 11 is 0. The van der Waals surface area contributed by atoms with Gasteiger partial charge in [0.15, 0.2) is 0 Å². The molecule has 0 spiro atoms. The molecule has 0 radical (unpaired) electrons. The lowest BCUT2D eigenvalue weighted by molar-refractivity contribution is -0.139. The Morgan fingerprint density at radius 3 is 2.44 bits per heavy atom. The molecule has 0 atom stereocenters. The summed E-state index contributed by atoms with van der Waals surface area (Å²) in [5, 5.41) is 8.56. The fourth-order valence-electron chi connectivity index (χ4n) is 1.47. The summed E-state index contributed by atoms with van der Waals surface area (Å²) in [6.07, 6.45) is -4.97. The fourth-order valence-corrected chi connectivity index (χ4v) is 1.47. The van der Waals surface area contributed by atoms with Crippen LogP contribution in [0.15, 0.2) is 18.2 Å². The van der Waals surface area contributed by atoms with Gasteiger partial charge in [0.25, 0.3) is 0 Å². The number of carboxylic acids is 1. The van der Waals surface area contributed by atoms with Crippen molar-refractivity contribution in [3.05, 3.63) is 34.9 Å². The van der Waals surface area contributed by atoms with Crippen LogP contribution in [0.25, 0.3) is 0 Å². The number of benzene rings is 1. The molecule has 0 aromatic heterocycles. The second-order valence-corrected chi connectivity index (χ2v) is 3.22. The smallest absolute Gasteiger partial charge is 0.416 e. The maximum atomic E-state index is 12.5. The van der Waals surface area contributed by atoms with Crippen molar-refractivity contribution in [1.82, 2.24) is 0 Å². The van der Waals surface area contributed by atoms with E-state index >= 15 is 0 Å². The average molecular weight is 233 g/mol. The first-order valence-electron chi connectivity index (χ1n) is 4.46. The van der Waals surface area contributed by atoms with Crippen molar-refractivity contribution < 1.29 is 23.1 Å². The van der Waals surface area contributed by atoms with E-state index < -0.39 is 24.1 Å². The maximum absolute atomic E-state index is 12.5. The lowest BCUT2D eigenvalue weighted by Gasteiger charge is -2.14. The molecule has 0 aliphatic rings. The third kappa shape index (κ3) is 2.73. The normalized spacial score (nSPS) is 11.5. The molecule has 0 aliphatic carbocycles. The predicted molar refractivity (Wildman–Crippen MR) is 50.7 cm³/mol. The summed E-state index contributed by atoms with van der Waals surface area (Å²) in [4.78, 5) is 10.5. The van der Waals surface area contributed by atoms with Crippen LogP contribution in [-0.4, -0.2) is 11.1 Å². The average Bonchev–Trinajstić information content (AvgIpc) is 2.15. The number of carboxylic acid groups (broad SMARTS) is 1. The molecule has 0 bridgehead atoms. The summed E-state index contributed by atoms with van der Waals surface area (Å²) in [5.41, 5.74) is 4.31. The van der Waals surface area contributed by atoms with Gasteiger partial charge in [-0.3, -0.25) is 4.79 Å². The van der Waals surface area contributed by atoms with Gasteiger partial charge in [0.05, 0.1) is 12.0 Å². The van der Waals surface area contributed by atoms with E-state index in [1.165, 1.54) is 12.1 Å². The van der Waals surface area contributed by atoms with Gasteiger partial charge in [0, 0.05) is 6.54 Å². The molecule has 0 fully saturated rings.